The predicted octanol–water partition coefficient (Wildman–Crippen LogP) is 2.29. The summed E-state index contributed by atoms with van der Waals surface area (Å²) in [6.45, 7) is 2.56. The zero-order valence-corrected chi connectivity index (χ0v) is 13.0. The van der Waals surface area contributed by atoms with E-state index in [2.05, 4.69) is 4.74 Å². The zero-order valence-electron chi connectivity index (χ0n) is 13.0. The van der Waals surface area contributed by atoms with E-state index in [1.807, 2.05) is 6.92 Å². The van der Waals surface area contributed by atoms with Gasteiger partial charge in [-0.3, -0.25) is 0 Å². The number of hydrogen-bond acceptors (Lipinski definition) is 5. The minimum Gasteiger partial charge on any atom is -0.379 e. The lowest BCUT2D eigenvalue weighted by molar-refractivity contribution is -0.297. The van der Waals surface area contributed by atoms with Crippen molar-refractivity contribution in [1.82, 2.24) is 0 Å². The summed E-state index contributed by atoms with van der Waals surface area (Å²) in [7, 11) is 0. The molecule has 0 radical (unpaired) electrons. The number of alkyl halides is 5. The first kappa shape index (κ1) is 22.4. The molecule has 23 heavy (non-hydrogen) atoms. The smallest absolute Gasteiger partial charge is 0.379 e. The van der Waals surface area contributed by atoms with Gasteiger partial charge >= 0.3 is 12.1 Å². The maximum Gasteiger partial charge on any atom is 0.455 e. The molecule has 0 atom stereocenters. The van der Waals surface area contributed by atoms with Gasteiger partial charge in [-0.25, -0.2) is 0 Å². The van der Waals surface area contributed by atoms with E-state index < -0.39 is 18.7 Å². The molecule has 0 N–H and O–H groups in total. The molecule has 0 heterocycles. The summed E-state index contributed by atoms with van der Waals surface area (Å²) in [5, 5.41) is 0. The van der Waals surface area contributed by atoms with Crippen LogP contribution in [-0.2, 0) is 23.7 Å². The summed E-state index contributed by atoms with van der Waals surface area (Å²) in [4.78, 5) is 0. The molecule has 0 aliphatic carbocycles. The van der Waals surface area contributed by atoms with Crippen molar-refractivity contribution in [3.63, 3.8) is 0 Å². The molecule has 0 aromatic rings. The highest BCUT2D eigenvalue weighted by atomic mass is 19.4. The van der Waals surface area contributed by atoms with Gasteiger partial charge < -0.3 is 23.7 Å². The fraction of sp³-hybridized carbons (Fsp3) is 1.00. The third-order valence-electron chi connectivity index (χ3n) is 2.39. The van der Waals surface area contributed by atoms with Crippen LogP contribution < -0.4 is 0 Å². The molecule has 140 valence electrons. The van der Waals surface area contributed by atoms with E-state index in [4.69, 9.17) is 18.9 Å². The molecule has 0 aromatic carbocycles. The van der Waals surface area contributed by atoms with Crippen molar-refractivity contribution < 1.29 is 45.6 Å². The number of halogens is 5. The van der Waals surface area contributed by atoms with Crippen LogP contribution in [0.25, 0.3) is 0 Å². The van der Waals surface area contributed by atoms with Crippen molar-refractivity contribution in [2.24, 2.45) is 0 Å². The van der Waals surface area contributed by atoms with E-state index in [9.17, 15) is 22.0 Å². The minimum absolute atomic E-state index is 0.0951. The molecule has 10 heteroatoms. The average Bonchev–Trinajstić information content (AvgIpc) is 2.46. The van der Waals surface area contributed by atoms with Crippen molar-refractivity contribution in [2.75, 3.05) is 66.1 Å². The molecular formula is C13H23F5O5. The number of hydrogen-bond donors (Lipinski definition) is 0. The Kier molecular flexibility index (Phi) is 12.5. The quantitative estimate of drug-likeness (QED) is 0.334. The third-order valence-corrected chi connectivity index (χ3v) is 2.39. The summed E-state index contributed by atoms with van der Waals surface area (Å²) in [6, 6.07) is 0. The summed E-state index contributed by atoms with van der Waals surface area (Å²) in [6.07, 6.45) is -5.60. The highest BCUT2D eigenvalue weighted by Crippen LogP contribution is 2.35. The first-order valence-corrected chi connectivity index (χ1v) is 7.14. The Morgan fingerprint density at radius 1 is 0.565 bits per heavy atom. The normalized spacial score (nSPS) is 12.8. The molecular weight excluding hydrogens is 331 g/mol. The van der Waals surface area contributed by atoms with Crippen LogP contribution in [0, 0.1) is 0 Å². The van der Waals surface area contributed by atoms with E-state index in [-0.39, 0.29) is 26.4 Å². The molecule has 0 aliphatic heterocycles. The van der Waals surface area contributed by atoms with E-state index in [1.165, 1.54) is 0 Å². The molecule has 0 aliphatic rings. The maximum atomic E-state index is 12.4. The monoisotopic (exact) mass is 354 g/mol. The highest BCUT2D eigenvalue weighted by molar-refractivity contribution is 4.74. The second-order valence-corrected chi connectivity index (χ2v) is 4.29. The van der Waals surface area contributed by atoms with Gasteiger partial charge in [-0.1, -0.05) is 0 Å². The molecule has 5 nitrogen and oxygen atoms in total. The first-order valence-electron chi connectivity index (χ1n) is 7.14. The van der Waals surface area contributed by atoms with Crippen molar-refractivity contribution in [1.29, 1.82) is 0 Å². The Bertz CT molecular complexity index is 276. The SMILES string of the molecule is CCOCCOCCOCCOCCOCC(F)(F)C(F)(F)F. The number of ether oxygens (including phenoxy) is 5. The molecule has 0 saturated carbocycles. The predicted molar refractivity (Wildman–Crippen MR) is 70.8 cm³/mol. The molecule has 0 aromatic heterocycles. The third kappa shape index (κ3) is 12.5. The molecule has 0 rings (SSSR count). The van der Waals surface area contributed by atoms with Crippen LogP contribution in [0.3, 0.4) is 0 Å². The average molecular weight is 354 g/mol. The van der Waals surface area contributed by atoms with Gasteiger partial charge in [0.05, 0.1) is 52.9 Å². The highest BCUT2D eigenvalue weighted by Gasteiger charge is 2.57. The van der Waals surface area contributed by atoms with Crippen LogP contribution in [0.1, 0.15) is 6.92 Å². The van der Waals surface area contributed by atoms with Gasteiger partial charge in [-0.05, 0) is 6.92 Å². The van der Waals surface area contributed by atoms with E-state index in [1.54, 1.807) is 0 Å². The van der Waals surface area contributed by atoms with Gasteiger partial charge in [0.25, 0.3) is 0 Å². The van der Waals surface area contributed by atoms with Crippen LogP contribution in [0.2, 0.25) is 0 Å². The molecule has 0 bridgehead atoms. The molecule has 0 fully saturated rings. The second-order valence-electron chi connectivity index (χ2n) is 4.29. The molecule has 0 unspecified atom stereocenters. The van der Waals surface area contributed by atoms with Crippen LogP contribution in [0.15, 0.2) is 0 Å². The zero-order chi connectivity index (χ0) is 17.6. The van der Waals surface area contributed by atoms with E-state index in [0.29, 0.717) is 33.0 Å². The Morgan fingerprint density at radius 3 is 1.26 bits per heavy atom. The summed E-state index contributed by atoms with van der Waals surface area (Å²) < 4.78 is 84.9. The minimum atomic E-state index is -5.60. The summed E-state index contributed by atoms with van der Waals surface area (Å²) >= 11 is 0. The van der Waals surface area contributed by atoms with Gasteiger partial charge in [0.2, 0.25) is 0 Å². The van der Waals surface area contributed by atoms with Gasteiger partial charge in [0.15, 0.2) is 0 Å². The van der Waals surface area contributed by atoms with Crippen LogP contribution in [0.5, 0.6) is 0 Å². The fourth-order valence-electron chi connectivity index (χ4n) is 1.20. The molecule has 0 saturated heterocycles. The van der Waals surface area contributed by atoms with Crippen molar-refractivity contribution in [3.05, 3.63) is 0 Å². The number of rotatable bonds is 15. The Labute approximate surface area is 132 Å². The first-order chi connectivity index (χ1) is 10.8. The fourth-order valence-corrected chi connectivity index (χ4v) is 1.20. The Hall–Kier alpha value is -0.550. The summed E-state index contributed by atoms with van der Waals surface area (Å²) in [5.74, 6) is -4.85. The molecule has 0 spiro atoms. The van der Waals surface area contributed by atoms with Crippen LogP contribution in [0.4, 0.5) is 22.0 Å². The topological polar surface area (TPSA) is 46.2 Å². The van der Waals surface area contributed by atoms with E-state index >= 15 is 0 Å². The van der Waals surface area contributed by atoms with Gasteiger partial charge in [-0.2, -0.15) is 22.0 Å². The second kappa shape index (κ2) is 12.8. The lowest BCUT2D eigenvalue weighted by atomic mass is 10.3. The van der Waals surface area contributed by atoms with Gasteiger partial charge in [-0.15, -0.1) is 0 Å². The summed E-state index contributed by atoms with van der Waals surface area (Å²) in [5.41, 5.74) is 0. The Balaban J connectivity index is 3.25. The maximum absolute atomic E-state index is 12.4. The van der Waals surface area contributed by atoms with Crippen molar-refractivity contribution in [3.8, 4) is 0 Å². The van der Waals surface area contributed by atoms with Gasteiger partial charge in [0, 0.05) is 6.61 Å². The molecule has 0 amide bonds. The standard InChI is InChI=1S/C13H23F5O5/c1-2-19-3-4-20-5-6-21-7-8-22-9-10-23-11-12(14,15)13(16,17)18/h2-11H2,1H3. The van der Waals surface area contributed by atoms with E-state index in [0.717, 1.165) is 0 Å². The van der Waals surface area contributed by atoms with Crippen LogP contribution >= 0.6 is 0 Å². The van der Waals surface area contributed by atoms with Crippen molar-refractivity contribution >= 4 is 0 Å². The van der Waals surface area contributed by atoms with Gasteiger partial charge in [0.1, 0.15) is 6.61 Å². The Morgan fingerprint density at radius 2 is 0.913 bits per heavy atom. The van der Waals surface area contributed by atoms with Crippen molar-refractivity contribution in [2.45, 2.75) is 19.0 Å². The largest absolute Gasteiger partial charge is 0.455 e. The lowest BCUT2D eigenvalue weighted by Crippen LogP contribution is -2.41. The van der Waals surface area contributed by atoms with Crippen LogP contribution in [-0.4, -0.2) is 78.2 Å². The lowest BCUT2D eigenvalue weighted by Gasteiger charge is -2.19.